The molecule has 4 aromatic rings. The van der Waals surface area contributed by atoms with Gasteiger partial charge in [0.15, 0.2) is 18.2 Å². The van der Waals surface area contributed by atoms with Crippen molar-refractivity contribution in [2.24, 2.45) is 0 Å². The molecule has 1 heterocycles. The van der Waals surface area contributed by atoms with Gasteiger partial charge in [-0.3, -0.25) is 19.2 Å². The summed E-state index contributed by atoms with van der Waals surface area (Å²) in [7, 11) is 0. The molecule has 7 heteroatoms. The number of ether oxygens (including phenoxy) is 1. The third-order valence-electron chi connectivity index (χ3n) is 5.85. The Morgan fingerprint density at radius 3 is 2.29 bits per heavy atom. The average Bonchev–Trinajstić information content (AvgIpc) is 3.28. The van der Waals surface area contributed by atoms with E-state index in [-0.39, 0.29) is 23.6 Å². The first-order valence-corrected chi connectivity index (χ1v) is 10.8. The Morgan fingerprint density at radius 2 is 1.50 bits per heavy atom. The van der Waals surface area contributed by atoms with Crippen LogP contribution in [0.1, 0.15) is 43.8 Å². The number of anilines is 1. The number of aryl methyl sites for hydroxylation is 1. The minimum atomic E-state index is -0.532. The molecule has 5 rings (SSSR count). The Labute approximate surface area is 194 Å². The highest BCUT2D eigenvalue weighted by Gasteiger charge is 2.29. The summed E-state index contributed by atoms with van der Waals surface area (Å²) in [5.74, 6) is -1.52. The largest absolute Gasteiger partial charge is 0.456 e. The fourth-order valence-electron chi connectivity index (χ4n) is 4.17. The predicted octanol–water partition coefficient (Wildman–Crippen LogP) is 4.06. The lowest BCUT2D eigenvalue weighted by Gasteiger charge is -2.18. The number of amides is 1. The second-order valence-electron chi connectivity index (χ2n) is 8.03. The first-order chi connectivity index (χ1) is 16.5. The van der Waals surface area contributed by atoms with Crippen LogP contribution in [0.15, 0.2) is 72.9 Å². The van der Waals surface area contributed by atoms with Crippen molar-refractivity contribution < 1.29 is 23.9 Å². The van der Waals surface area contributed by atoms with Crippen molar-refractivity contribution in [1.29, 1.82) is 0 Å². The SMILES string of the molecule is O=C(COC(=O)CCc1c[nH]c2ccccc12)Nc1ccc2c(c1)C(=O)c1ccccc1C2=O. The van der Waals surface area contributed by atoms with Crippen LogP contribution in [0.4, 0.5) is 5.69 Å². The van der Waals surface area contributed by atoms with Crippen LogP contribution in [0.3, 0.4) is 0 Å². The maximum absolute atomic E-state index is 12.8. The van der Waals surface area contributed by atoms with Crippen molar-refractivity contribution in [1.82, 2.24) is 4.98 Å². The number of rotatable bonds is 6. The monoisotopic (exact) mass is 452 g/mol. The molecule has 0 fully saturated rings. The Hall–Kier alpha value is -4.52. The predicted molar refractivity (Wildman–Crippen MR) is 126 cm³/mol. The highest BCUT2D eigenvalue weighted by molar-refractivity contribution is 6.28. The smallest absolute Gasteiger partial charge is 0.306 e. The molecule has 1 aliphatic rings. The van der Waals surface area contributed by atoms with Crippen molar-refractivity contribution in [2.45, 2.75) is 12.8 Å². The number of para-hydroxylation sites is 1. The molecular formula is C27H20N2O5. The number of hydrogen-bond donors (Lipinski definition) is 2. The third kappa shape index (κ3) is 3.99. The summed E-state index contributed by atoms with van der Waals surface area (Å²) < 4.78 is 5.10. The van der Waals surface area contributed by atoms with Crippen molar-refractivity contribution in [3.63, 3.8) is 0 Å². The van der Waals surface area contributed by atoms with E-state index in [2.05, 4.69) is 10.3 Å². The van der Waals surface area contributed by atoms with Crippen molar-refractivity contribution in [2.75, 3.05) is 11.9 Å². The minimum absolute atomic E-state index is 0.143. The molecule has 7 nitrogen and oxygen atoms in total. The van der Waals surface area contributed by atoms with E-state index in [0.29, 0.717) is 28.8 Å². The zero-order valence-corrected chi connectivity index (χ0v) is 18.1. The summed E-state index contributed by atoms with van der Waals surface area (Å²) in [5.41, 5.74) is 3.59. The van der Waals surface area contributed by atoms with Gasteiger partial charge in [0, 0.05) is 51.5 Å². The number of carbonyl (C=O) groups excluding carboxylic acids is 4. The van der Waals surface area contributed by atoms with Crippen molar-refractivity contribution >= 4 is 40.0 Å². The number of nitrogens with one attached hydrogen (secondary N) is 2. The fraction of sp³-hybridized carbons (Fsp3) is 0.111. The van der Waals surface area contributed by atoms with Crippen LogP contribution in [-0.4, -0.2) is 35.0 Å². The normalized spacial score (nSPS) is 12.2. The topological polar surface area (TPSA) is 105 Å². The van der Waals surface area contributed by atoms with Crippen LogP contribution in [0.5, 0.6) is 0 Å². The van der Waals surface area contributed by atoms with E-state index in [1.807, 2.05) is 30.5 Å². The van der Waals surface area contributed by atoms with Crippen LogP contribution in [-0.2, 0) is 20.7 Å². The number of ketones is 2. The van der Waals surface area contributed by atoms with Gasteiger partial charge < -0.3 is 15.0 Å². The standard InChI is InChI=1S/C27H20N2O5/c30-24(15-34-25(31)12-9-16-14-28-23-8-4-3-5-18(16)23)29-17-10-11-21-22(13-17)27(33)20-7-2-1-6-19(20)26(21)32/h1-8,10-11,13-14,28H,9,12,15H2,(H,29,30). The minimum Gasteiger partial charge on any atom is -0.456 e. The number of benzene rings is 3. The van der Waals surface area contributed by atoms with Gasteiger partial charge in [0.1, 0.15) is 0 Å². The number of fused-ring (bicyclic) bond motifs is 3. The second kappa shape index (κ2) is 8.78. The fourth-order valence-corrected chi connectivity index (χ4v) is 4.17. The maximum atomic E-state index is 12.8. The summed E-state index contributed by atoms with van der Waals surface area (Å²) in [5, 5.41) is 3.67. The zero-order chi connectivity index (χ0) is 23.7. The molecule has 3 aromatic carbocycles. The van der Waals surface area contributed by atoms with E-state index in [1.54, 1.807) is 30.3 Å². The Bertz CT molecular complexity index is 1470. The number of hydrogen-bond acceptors (Lipinski definition) is 5. The van der Waals surface area contributed by atoms with Gasteiger partial charge in [0.05, 0.1) is 0 Å². The van der Waals surface area contributed by atoms with Gasteiger partial charge in [-0.25, -0.2) is 0 Å². The number of esters is 1. The summed E-state index contributed by atoms with van der Waals surface area (Å²) in [6.07, 6.45) is 2.50. The lowest BCUT2D eigenvalue weighted by atomic mass is 9.84. The van der Waals surface area contributed by atoms with E-state index in [9.17, 15) is 19.2 Å². The summed E-state index contributed by atoms with van der Waals surface area (Å²) in [4.78, 5) is 53.1. The number of H-pyrrole nitrogens is 1. The lowest BCUT2D eigenvalue weighted by molar-refractivity contribution is -0.147. The van der Waals surface area contributed by atoms with Crippen LogP contribution < -0.4 is 5.32 Å². The molecule has 2 N–H and O–H groups in total. The van der Waals surface area contributed by atoms with Crippen LogP contribution >= 0.6 is 0 Å². The molecule has 0 saturated carbocycles. The molecule has 0 radical (unpaired) electrons. The second-order valence-corrected chi connectivity index (χ2v) is 8.03. The molecule has 0 spiro atoms. The van der Waals surface area contributed by atoms with E-state index in [1.165, 1.54) is 12.1 Å². The van der Waals surface area contributed by atoms with Gasteiger partial charge in [-0.05, 0) is 36.2 Å². The van der Waals surface area contributed by atoms with Gasteiger partial charge in [0.25, 0.3) is 5.91 Å². The van der Waals surface area contributed by atoms with Crippen LogP contribution in [0.25, 0.3) is 10.9 Å². The van der Waals surface area contributed by atoms with Gasteiger partial charge in [0.2, 0.25) is 0 Å². The molecule has 0 aliphatic heterocycles. The average molecular weight is 452 g/mol. The highest BCUT2D eigenvalue weighted by Crippen LogP contribution is 2.29. The Kier molecular flexibility index (Phi) is 5.51. The molecule has 1 aromatic heterocycles. The quantitative estimate of drug-likeness (QED) is 0.378. The molecular weight excluding hydrogens is 432 g/mol. The van der Waals surface area contributed by atoms with Gasteiger partial charge >= 0.3 is 5.97 Å². The van der Waals surface area contributed by atoms with Crippen molar-refractivity contribution in [3.05, 3.63) is 101 Å². The van der Waals surface area contributed by atoms with E-state index < -0.39 is 18.5 Å². The van der Waals surface area contributed by atoms with Gasteiger partial charge in [-0.1, -0.05) is 42.5 Å². The Balaban J connectivity index is 1.18. The first kappa shape index (κ1) is 21.3. The van der Waals surface area contributed by atoms with E-state index in [4.69, 9.17) is 4.74 Å². The lowest BCUT2D eigenvalue weighted by Crippen LogP contribution is -2.23. The van der Waals surface area contributed by atoms with E-state index in [0.717, 1.165) is 16.5 Å². The molecule has 168 valence electrons. The molecule has 1 aliphatic carbocycles. The molecule has 34 heavy (non-hydrogen) atoms. The molecule has 0 saturated heterocycles. The highest BCUT2D eigenvalue weighted by atomic mass is 16.5. The summed E-state index contributed by atoms with van der Waals surface area (Å²) in [6, 6.07) is 19.0. The molecule has 0 bridgehead atoms. The first-order valence-electron chi connectivity index (χ1n) is 10.8. The summed E-state index contributed by atoms with van der Waals surface area (Å²) >= 11 is 0. The number of aromatic nitrogens is 1. The van der Waals surface area contributed by atoms with E-state index >= 15 is 0 Å². The van der Waals surface area contributed by atoms with Gasteiger partial charge in [-0.15, -0.1) is 0 Å². The maximum Gasteiger partial charge on any atom is 0.306 e. The van der Waals surface area contributed by atoms with Crippen LogP contribution in [0.2, 0.25) is 0 Å². The summed E-state index contributed by atoms with van der Waals surface area (Å²) in [6.45, 7) is -0.445. The Morgan fingerprint density at radius 1 is 0.824 bits per heavy atom. The number of aromatic amines is 1. The van der Waals surface area contributed by atoms with Gasteiger partial charge in [-0.2, -0.15) is 0 Å². The molecule has 0 atom stereocenters. The molecule has 1 amide bonds. The zero-order valence-electron chi connectivity index (χ0n) is 18.1. The molecule has 0 unspecified atom stereocenters. The number of carbonyl (C=O) groups is 4. The van der Waals surface area contributed by atoms with Crippen LogP contribution in [0, 0.1) is 0 Å². The third-order valence-corrected chi connectivity index (χ3v) is 5.85. The van der Waals surface area contributed by atoms with Crippen molar-refractivity contribution in [3.8, 4) is 0 Å².